The van der Waals surface area contributed by atoms with E-state index < -0.39 is 0 Å². The molecule has 0 radical (unpaired) electrons. The van der Waals surface area contributed by atoms with Crippen molar-refractivity contribution < 1.29 is 0 Å². The number of rotatable bonds is 5. The highest BCUT2D eigenvalue weighted by molar-refractivity contribution is 7.05. The van der Waals surface area contributed by atoms with E-state index in [2.05, 4.69) is 54.7 Å². The van der Waals surface area contributed by atoms with Gasteiger partial charge in [0.05, 0.1) is 10.6 Å². The van der Waals surface area contributed by atoms with Crippen LogP contribution in [0.5, 0.6) is 0 Å². The van der Waals surface area contributed by atoms with E-state index in [9.17, 15) is 0 Å². The molecule has 1 heterocycles. The maximum Gasteiger partial charge on any atom is 0.0857 e. The number of aromatic nitrogens is 2. The van der Waals surface area contributed by atoms with E-state index in [0.717, 1.165) is 23.7 Å². The predicted molar refractivity (Wildman–Crippen MR) is 90.2 cm³/mol. The Morgan fingerprint density at radius 1 is 1.24 bits per heavy atom. The van der Waals surface area contributed by atoms with Gasteiger partial charge in [0.1, 0.15) is 0 Å². The molecule has 1 unspecified atom stereocenters. The molecule has 3 nitrogen and oxygen atoms in total. The van der Waals surface area contributed by atoms with Crippen LogP contribution in [0.1, 0.15) is 49.9 Å². The van der Waals surface area contributed by atoms with Crippen LogP contribution in [0.25, 0.3) is 0 Å². The third kappa shape index (κ3) is 4.25. The van der Waals surface area contributed by atoms with Crippen molar-refractivity contribution in [1.29, 1.82) is 0 Å². The Morgan fingerprint density at radius 3 is 2.48 bits per heavy atom. The molecule has 1 atom stereocenters. The van der Waals surface area contributed by atoms with Gasteiger partial charge in [-0.15, -0.1) is 5.10 Å². The molecule has 0 saturated heterocycles. The van der Waals surface area contributed by atoms with Gasteiger partial charge in [-0.3, -0.25) is 0 Å². The van der Waals surface area contributed by atoms with Gasteiger partial charge in [-0.05, 0) is 42.2 Å². The summed E-state index contributed by atoms with van der Waals surface area (Å²) < 4.78 is 4.18. The highest BCUT2D eigenvalue weighted by Crippen LogP contribution is 2.32. The Labute approximate surface area is 135 Å². The first-order valence-corrected chi connectivity index (χ1v) is 8.37. The van der Waals surface area contributed by atoms with Gasteiger partial charge in [0.15, 0.2) is 0 Å². The van der Waals surface area contributed by atoms with Gasteiger partial charge in [-0.2, -0.15) is 0 Å². The van der Waals surface area contributed by atoms with Crippen LogP contribution in [0.4, 0.5) is 0 Å². The molecule has 0 bridgehead atoms. The number of nitrogens with one attached hydrogen (secondary N) is 1. The van der Waals surface area contributed by atoms with Crippen LogP contribution in [-0.2, 0) is 11.8 Å². The molecule has 2 rings (SSSR count). The molecule has 0 spiro atoms. The van der Waals surface area contributed by atoms with Gasteiger partial charge in [-0.25, -0.2) is 0 Å². The second-order valence-electron chi connectivity index (χ2n) is 6.18. The fourth-order valence-electron chi connectivity index (χ4n) is 2.31. The number of benzene rings is 1. The molecule has 2 aromatic rings. The van der Waals surface area contributed by atoms with Gasteiger partial charge in [0.2, 0.25) is 0 Å². The molecule has 21 heavy (non-hydrogen) atoms. The molecule has 5 heteroatoms. The van der Waals surface area contributed by atoms with Crippen molar-refractivity contribution in [3.63, 3.8) is 0 Å². The average molecular weight is 324 g/mol. The van der Waals surface area contributed by atoms with E-state index >= 15 is 0 Å². The summed E-state index contributed by atoms with van der Waals surface area (Å²) in [6.07, 6.45) is 0.915. The van der Waals surface area contributed by atoms with E-state index in [-0.39, 0.29) is 11.5 Å². The topological polar surface area (TPSA) is 37.8 Å². The Kier molecular flexibility index (Phi) is 5.36. The first-order valence-electron chi connectivity index (χ1n) is 7.22. The molecule has 0 fully saturated rings. The minimum Gasteiger partial charge on any atom is -0.309 e. The summed E-state index contributed by atoms with van der Waals surface area (Å²) in [5.74, 6) is 0. The zero-order chi connectivity index (χ0) is 15.5. The maximum absolute atomic E-state index is 5.96. The van der Waals surface area contributed by atoms with Gasteiger partial charge < -0.3 is 5.32 Å². The number of hydrogen-bond donors (Lipinski definition) is 1. The van der Waals surface area contributed by atoms with E-state index in [4.69, 9.17) is 11.6 Å². The summed E-state index contributed by atoms with van der Waals surface area (Å²) in [6.45, 7) is 9.58. The van der Waals surface area contributed by atoms with Crippen LogP contribution in [0, 0.1) is 0 Å². The Balaban J connectivity index is 2.27. The molecular formula is C16H22ClN3S. The van der Waals surface area contributed by atoms with E-state index in [1.807, 2.05) is 12.1 Å². The highest BCUT2D eigenvalue weighted by Gasteiger charge is 2.27. The molecule has 0 amide bonds. The Morgan fingerprint density at radius 2 is 1.90 bits per heavy atom. The van der Waals surface area contributed by atoms with Crippen molar-refractivity contribution in [2.75, 3.05) is 6.54 Å². The third-order valence-electron chi connectivity index (χ3n) is 3.34. The predicted octanol–water partition coefficient (Wildman–Crippen LogP) is 4.38. The number of halogens is 1. The minimum absolute atomic E-state index is 0.00992. The van der Waals surface area contributed by atoms with Crippen LogP contribution in [0.2, 0.25) is 5.02 Å². The zero-order valence-corrected chi connectivity index (χ0v) is 14.6. The number of nitrogens with zero attached hydrogens (tertiary/aromatic N) is 2. The fraction of sp³-hybridized carbons (Fsp3) is 0.500. The van der Waals surface area contributed by atoms with Crippen LogP contribution in [-0.4, -0.2) is 16.1 Å². The molecule has 0 saturated carbocycles. The lowest BCUT2D eigenvalue weighted by Crippen LogP contribution is -2.25. The molecule has 1 aromatic heterocycles. The first kappa shape index (κ1) is 16.4. The molecular weight excluding hydrogens is 302 g/mol. The van der Waals surface area contributed by atoms with Crippen molar-refractivity contribution in [2.24, 2.45) is 0 Å². The monoisotopic (exact) mass is 323 g/mol. The number of likely N-dealkylation sites (N-methyl/N-ethyl adjacent to an activating group) is 1. The van der Waals surface area contributed by atoms with Crippen LogP contribution < -0.4 is 5.32 Å². The molecule has 114 valence electrons. The number of hydrogen-bond acceptors (Lipinski definition) is 4. The van der Waals surface area contributed by atoms with Crippen molar-refractivity contribution in [2.45, 2.75) is 45.6 Å². The Hall–Kier alpha value is -0.970. The van der Waals surface area contributed by atoms with Crippen LogP contribution in [0.15, 0.2) is 24.3 Å². The van der Waals surface area contributed by atoms with E-state index in [1.54, 1.807) is 0 Å². The summed E-state index contributed by atoms with van der Waals surface area (Å²) in [7, 11) is 0. The minimum atomic E-state index is 0.00992. The standard InChI is InChI=1S/C16H22ClN3S/c1-5-18-13(10-11-6-8-12(17)9-7-11)14-15(16(2,3)4)19-20-21-14/h6-9,13,18H,5,10H2,1-4H3. The van der Waals surface area contributed by atoms with Crippen molar-refractivity contribution in [1.82, 2.24) is 14.9 Å². The summed E-state index contributed by atoms with van der Waals surface area (Å²) in [6, 6.07) is 8.28. The summed E-state index contributed by atoms with van der Waals surface area (Å²) in [5.41, 5.74) is 2.36. The lowest BCUT2D eigenvalue weighted by molar-refractivity contribution is 0.515. The average Bonchev–Trinajstić information content (AvgIpc) is 2.90. The lowest BCUT2D eigenvalue weighted by atomic mass is 9.89. The first-order chi connectivity index (χ1) is 9.91. The maximum atomic E-state index is 5.96. The van der Waals surface area contributed by atoms with Gasteiger partial charge in [0, 0.05) is 16.5 Å². The fourth-order valence-corrected chi connectivity index (χ4v) is 3.37. The largest absolute Gasteiger partial charge is 0.309 e. The zero-order valence-electron chi connectivity index (χ0n) is 13.0. The Bertz CT molecular complexity index is 572. The normalized spacial score (nSPS) is 13.4. The second-order valence-corrected chi connectivity index (χ2v) is 7.40. The molecule has 1 aromatic carbocycles. The SMILES string of the molecule is CCNC(Cc1ccc(Cl)cc1)c1snnc1C(C)(C)C. The second kappa shape index (κ2) is 6.86. The summed E-state index contributed by atoms with van der Waals surface area (Å²) in [5, 5.41) is 8.68. The third-order valence-corrected chi connectivity index (χ3v) is 4.43. The lowest BCUT2D eigenvalue weighted by Gasteiger charge is -2.22. The molecule has 1 N–H and O–H groups in total. The van der Waals surface area contributed by atoms with Gasteiger partial charge in [-0.1, -0.05) is 55.9 Å². The van der Waals surface area contributed by atoms with Crippen LogP contribution >= 0.6 is 23.1 Å². The van der Waals surface area contributed by atoms with E-state index in [0.29, 0.717) is 0 Å². The summed E-state index contributed by atoms with van der Waals surface area (Å²) >= 11 is 7.46. The molecule has 0 aliphatic rings. The van der Waals surface area contributed by atoms with Gasteiger partial charge >= 0.3 is 0 Å². The smallest absolute Gasteiger partial charge is 0.0857 e. The van der Waals surface area contributed by atoms with Gasteiger partial charge in [0.25, 0.3) is 0 Å². The van der Waals surface area contributed by atoms with Crippen molar-refractivity contribution >= 4 is 23.1 Å². The highest BCUT2D eigenvalue weighted by atomic mass is 35.5. The molecule has 0 aliphatic carbocycles. The van der Waals surface area contributed by atoms with Crippen molar-refractivity contribution in [3.05, 3.63) is 45.4 Å². The van der Waals surface area contributed by atoms with E-state index in [1.165, 1.54) is 22.0 Å². The van der Waals surface area contributed by atoms with Crippen LogP contribution in [0.3, 0.4) is 0 Å². The molecule has 0 aliphatic heterocycles. The van der Waals surface area contributed by atoms with Crippen molar-refractivity contribution in [3.8, 4) is 0 Å². The summed E-state index contributed by atoms with van der Waals surface area (Å²) in [4.78, 5) is 1.24. The quantitative estimate of drug-likeness (QED) is 0.887.